The van der Waals surface area contributed by atoms with Gasteiger partial charge >= 0.3 is 0 Å². The molecule has 50 heavy (non-hydrogen) atoms. The Morgan fingerprint density at radius 1 is 0.400 bits per heavy atom. The molecule has 0 aliphatic carbocycles. The number of para-hydroxylation sites is 3. The van der Waals surface area contributed by atoms with Crippen molar-refractivity contribution in [3.8, 4) is 56.4 Å². The van der Waals surface area contributed by atoms with Crippen molar-refractivity contribution in [3.05, 3.63) is 164 Å². The highest BCUT2D eigenvalue weighted by Gasteiger charge is 2.17. The first-order chi connectivity index (χ1) is 29.3. The van der Waals surface area contributed by atoms with E-state index in [4.69, 9.17) is 37.5 Å². The SMILES string of the molecule is [2H]c1c([2H])c(-c2nc(-c3ccc(-c4ccccc4)cc3)nc(-c3ccc4c(c3)oc3ccccc34)n2)c([2H])c(-c2c([2H])c([2H])c([2H])c3c2oc2c([2H])c([2H])c([2H])c([2H])c23)c1[2H]. The Labute approximate surface area is 302 Å². The minimum absolute atomic E-state index is 0.146. The van der Waals surface area contributed by atoms with Gasteiger partial charge in [0.05, 0.1) is 15.1 Å². The number of hydrogen-bond acceptors (Lipinski definition) is 5. The van der Waals surface area contributed by atoms with Crippen LogP contribution in [-0.4, -0.2) is 15.0 Å². The van der Waals surface area contributed by atoms with Crippen LogP contribution >= 0.6 is 0 Å². The molecule has 10 rings (SSSR count). The molecule has 234 valence electrons. The van der Waals surface area contributed by atoms with E-state index in [1.807, 2.05) is 91.0 Å². The topological polar surface area (TPSA) is 65.0 Å². The van der Waals surface area contributed by atoms with E-state index in [-0.39, 0.29) is 50.5 Å². The fraction of sp³-hybridized carbons (Fsp3) is 0. The van der Waals surface area contributed by atoms with Crippen LogP contribution in [-0.2, 0) is 0 Å². The summed E-state index contributed by atoms with van der Waals surface area (Å²) >= 11 is 0. The van der Waals surface area contributed by atoms with Crippen molar-refractivity contribution >= 4 is 43.9 Å². The van der Waals surface area contributed by atoms with Gasteiger partial charge in [-0.05, 0) is 47.0 Å². The van der Waals surface area contributed by atoms with Gasteiger partial charge in [0, 0.05) is 43.8 Å². The molecule has 0 bridgehead atoms. The molecular formula is C45H27N3O2. The summed E-state index contributed by atoms with van der Waals surface area (Å²) in [6, 6.07) is 23.8. The van der Waals surface area contributed by atoms with Gasteiger partial charge in [-0.25, -0.2) is 15.0 Å². The molecule has 0 aliphatic heterocycles. The second kappa shape index (κ2) is 11.4. The maximum Gasteiger partial charge on any atom is 0.164 e. The van der Waals surface area contributed by atoms with Gasteiger partial charge in [-0.15, -0.1) is 0 Å². The van der Waals surface area contributed by atoms with Gasteiger partial charge in [-0.1, -0.05) is 133 Å². The zero-order valence-corrected chi connectivity index (χ0v) is 25.9. The highest BCUT2D eigenvalue weighted by molar-refractivity contribution is 6.09. The normalized spacial score (nSPS) is 14.7. The van der Waals surface area contributed by atoms with Gasteiger partial charge in [-0.3, -0.25) is 0 Å². The first-order valence-electron chi connectivity index (χ1n) is 21.2. The molecule has 0 N–H and O–H groups in total. The van der Waals surface area contributed by atoms with Gasteiger partial charge in [0.1, 0.15) is 22.3 Å². The summed E-state index contributed by atoms with van der Waals surface area (Å²) in [5, 5.41) is 1.37. The second-order valence-electron chi connectivity index (χ2n) is 11.6. The summed E-state index contributed by atoms with van der Waals surface area (Å²) in [5.74, 6) is 0.117. The summed E-state index contributed by atoms with van der Waals surface area (Å²) in [6.45, 7) is 0. The van der Waals surface area contributed by atoms with E-state index in [9.17, 15) is 1.37 Å². The Balaban J connectivity index is 1.24. The van der Waals surface area contributed by atoms with Crippen molar-refractivity contribution in [2.24, 2.45) is 0 Å². The highest BCUT2D eigenvalue weighted by Crippen LogP contribution is 2.37. The molecule has 0 saturated carbocycles. The molecule has 7 aromatic carbocycles. The van der Waals surface area contributed by atoms with E-state index < -0.39 is 72.0 Å². The zero-order chi connectivity index (χ0) is 42.6. The number of furan rings is 2. The van der Waals surface area contributed by atoms with Gasteiger partial charge in [0.25, 0.3) is 0 Å². The molecule has 0 spiro atoms. The number of nitrogens with zero attached hydrogens (tertiary/aromatic N) is 3. The summed E-state index contributed by atoms with van der Waals surface area (Å²) in [5.41, 5.74) is 2.52. The summed E-state index contributed by atoms with van der Waals surface area (Å²) in [4.78, 5) is 14.4. The highest BCUT2D eigenvalue weighted by atomic mass is 16.3. The molecule has 5 nitrogen and oxygen atoms in total. The van der Waals surface area contributed by atoms with Crippen molar-refractivity contribution in [2.75, 3.05) is 0 Å². The summed E-state index contributed by atoms with van der Waals surface area (Å²) in [7, 11) is 0. The van der Waals surface area contributed by atoms with Crippen LogP contribution in [0.5, 0.6) is 0 Å². The standard InChI is InChI=1S/C45H27N3O2/c1-2-10-28(11-3-1)29-20-22-30(23-21-29)43-46-44(48-45(47-43)33-24-25-37-35-14-4-6-18-39(35)49-41(37)27-33)32-13-8-12-31(26-32)34-16-9-17-38-36-15-5-7-19-40(36)50-42(34)38/h1-27H/i5D,7D,8D,9D,12D,13D,15D,16D,17D,19D,26D. The Morgan fingerprint density at radius 2 is 1.04 bits per heavy atom. The third kappa shape index (κ3) is 4.75. The van der Waals surface area contributed by atoms with Crippen LogP contribution in [0.4, 0.5) is 0 Å². The maximum atomic E-state index is 9.62. The molecule has 0 fully saturated rings. The third-order valence-corrected chi connectivity index (χ3v) is 8.56. The Morgan fingerprint density at radius 3 is 1.92 bits per heavy atom. The lowest BCUT2D eigenvalue weighted by Crippen LogP contribution is -2.00. The van der Waals surface area contributed by atoms with Crippen molar-refractivity contribution in [1.82, 2.24) is 15.0 Å². The van der Waals surface area contributed by atoms with Gasteiger partial charge < -0.3 is 8.83 Å². The minimum Gasteiger partial charge on any atom is -0.456 e. The lowest BCUT2D eigenvalue weighted by atomic mass is 10.00. The van der Waals surface area contributed by atoms with Crippen LogP contribution in [0.25, 0.3) is 100 Å². The predicted octanol–water partition coefficient (Wildman–Crippen LogP) is 12.0. The Kier molecular flexibility index (Phi) is 4.38. The largest absolute Gasteiger partial charge is 0.456 e. The van der Waals surface area contributed by atoms with E-state index in [2.05, 4.69) is 0 Å². The molecule has 0 aliphatic rings. The second-order valence-corrected chi connectivity index (χ2v) is 11.6. The van der Waals surface area contributed by atoms with Gasteiger partial charge in [0.2, 0.25) is 0 Å². The molecule has 0 unspecified atom stereocenters. The average molecular weight is 653 g/mol. The number of hydrogen-bond donors (Lipinski definition) is 0. The van der Waals surface area contributed by atoms with Crippen LogP contribution in [0, 0.1) is 0 Å². The van der Waals surface area contributed by atoms with Gasteiger partial charge in [0.15, 0.2) is 17.5 Å². The average Bonchev–Trinajstić information content (AvgIpc) is 3.87. The van der Waals surface area contributed by atoms with Crippen molar-refractivity contribution in [3.63, 3.8) is 0 Å². The van der Waals surface area contributed by atoms with Crippen molar-refractivity contribution in [1.29, 1.82) is 0 Å². The fourth-order valence-electron chi connectivity index (χ4n) is 6.14. The minimum atomic E-state index is -0.663. The van der Waals surface area contributed by atoms with E-state index in [1.165, 1.54) is 0 Å². The molecule has 0 radical (unpaired) electrons. The molecule has 0 atom stereocenters. The third-order valence-electron chi connectivity index (χ3n) is 8.56. The van der Waals surface area contributed by atoms with E-state index in [1.54, 1.807) is 6.07 Å². The first-order valence-corrected chi connectivity index (χ1v) is 15.7. The van der Waals surface area contributed by atoms with Crippen LogP contribution in [0.1, 0.15) is 15.1 Å². The quantitative estimate of drug-likeness (QED) is 0.185. The lowest BCUT2D eigenvalue weighted by Gasteiger charge is -2.10. The van der Waals surface area contributed by atoms with Gasteiger partial charge in [-0.2, -0.15) is 0 Å². The molecule has 5 heteroatoms. The van der Waals surface area contributed by atoms with Crippen LogP contribution in [0.15, 0.2) is 172 Å². The lowest BCUT2D eigenvalue weighted by molar-refractivity contribution is 0.669. The Hall–Kier alpha value is -6.85. The fourth-order valence-corrected chi connectivity index (χ4v) is 6.14. The van der Waals surface area contributed by atoms with E-state index >= 15 is 0 Å². The Bertz CT molecular complexity index is 3500. The van der Waals surface area contributed by atoms with Crippen molar-refractivity contribution in [2.45, 2.75) is 0 Å². The van der Waals surface area contributed by atoms with Crippen molar-refractivity contribution < 1.29 is 23.9 Å². The monoisotopic (exact) mass is 652 g/mol. The number of benzene rings is 7. The number of fused-ring (bicyclic) bond motifs is 6. The van der Waals surface area contributed by atoms with Crippen LogP contribution in [0.2, 0.25) is 0 Å². The molecule has 3 heterocycles. The summed E-state index contributed by atoms with van der Waals surface area (Å²) in [6.07, 6.45) is 0. The van der Waals surface area contributed by atoms with E-state index in [0.717, 1.165) is 21.9 Å². The molecule has 0 saturated heterocycles. The smallest absolute Gasteiger partial charge is 0.164 e. The molecule has 3 aromatic heterocycles. The molecule has 10 aromatic rings. The number of rotatable bonds is 5. The number of aromatic nitrogens is 3. The van der Waals surface area contributed by atoms with E-state index in [0.29, 0.717) is 22.3 Å². The van der Waals surface area contributed by atoms with Crippen LogP contribution in [0.3, 0.4) is 0 Å². The van der Waals surface area contributed by atoms with Crippen LogP contribution < -0.4 is 0 Å². The zero-order valence-electron chi connectivity index (χ0n) is 36.9. The molecular weight excluding hydrogens is 615 g/mol. The maximum absolute atomic E-state index is 9.62. The molecule has 0 amide bonds. The first kappa shape index (κ1) is 19.2. The predicted molar refractivity (Wildman–Crippen MR) is 202 cm³/mol. The summed E-state index contributed by atoms with van der Waals surface area (Å²) < 4.78 is 109.